The molecule has 0 aliphatic rings. The number of rotatable bonds is 3. The molecule has 1 aromatic heterocycles. The Hall–Kier alpha value is -0.600. The molecule has 0 amide bonds. The highest BCUT2D eigenvalue weighted by atomic mass is 32.2. The van der Waals surface area contributed by atoms with Gasteiger partial charge in [0.15, 0.2) is 0 Å². The molecule has 0 saturated heterocycles. The maximum atomic E-state index is 10.3. The normalized spacial score (nSPS) is 11.8. The van der Waals surface area contributed by atoms with Gasteiger partial charge in [-0.2, -0.15) is 8.42 Å². The highest BCUT2D eigenvalue weighted by Gasteiger charge is 2.16. The van der Waals surface area contributed by atoms with Gasteiger partial charge in [-0.1, -0.05) is 4.74 Å². The van der Waals surface area contributed by atoms with Gasteiger partial charge in [-0.3, -0.25) is 4.55 Å². The molecule has 0 bridgehead atoms. The summed E-state index contributed by atoms with van der Waals surface area (Å²) in [5.41, 5.74) is 0. The smallest absolute Gasteiger partial charge is 0.282 e. The van der Waals surface area contributed by atoms with E-state index in [2.05, 4.69) is 4.98 Å². The van der Waals surface area contributed by atoms with Crippen molar-refractivity contribution >= 4 is 21.9 Å². The number of hydrogen-bond donors (Lipinski definition) is 1. The molecule has 68 valence electrons. The van der Waals surface area contributed by atoms with Crippen LogP contribution in [0.1, 0.15) is 0 Å². The Balaban J connectivity index is 2.78. The first kappa shape index (κ1) is 9.49. The van der Waals surface area contributed by atoms with Crippen LogP contribution < -0.4 is 4.74 Å². The van der Waals surface area contributed by atoms with Gasteiger partial charge in [0.05, 0.1) is 0 Å². The first-order valence-electron chi connectivity index (χ1n) is 2.86. The Labute approximate surface area is 73.3 Å². The first-order valence-corrected chi connectivity index (χ1v) is 5.69. The van der Waals surface area contributed by atoms with E-state index < -0.39 is 16.0 Å². The molecule has 0 aliphatic carbocycles. The maximum absolute atomic E-state index is 10.3. The lowest BCUT2D eigenvalue weighted by Crippen LogP contribution is -2.35. The third kappa shape index (κ3) is 2.80. The van der Waals surface area contributed by atoms with Crippen molar-refractivity contribution in [2.45, 2.75) is 11.1 Å². The summed E-state index contributed by atoms with van der Waals surface area (Å²) in [6.45, 7) is 0. The molecule has 0 radical (unpaired) electrons. The van der Waals surface area contributed by atoms with E-state index in [4.69, 9.17) is 9.08 Å². The third-order valence-electron chi connectivity index (χ3n) is 0.952. The van der Waals surface area contributed by atoms with Crippen molar-refractivity contribution in [3.63, 3.8) is 0 Å². The van der Waals surface area contributed by atoms with Crippen LogP contribution in [0.2, 0.25) is 0 Å². The molecule has 0 aliphatic heterocycles. The number of thioether (sulfide) groups is 1. The summed E-state index contributed by atoms with van der Waals surface area (Å²) in [6.07, 6.45) is 2.93. The van der Waals surface area contributed by atoms with Crippen LogP contribution in [-0.4, -0.2) is 24.2 Å². The fourth-order valence-electron chi connectivity index (χ4n) is 0.569. The average Bonchev–Trinajstić information content (AvgIpc) is 2.32. The van der Waals surface area contributed by atoms with Crippen LogP contribution in [-0.2, 0) is 16.0 Å². The van der Waals surface area contributed by atoms with Gasteiger partial charge in [0.1, 0.15) is 0 Å². The monoisotopic (exact) mass is 211 g/mol. The highest BCUT2D eigenvalue weighted by Crippen LogP contribution is 2.06. The topological polar surface area (TPSA) is 84.3 Å². The Kier molecular flexibility index (Phi) is 2.70. The summed E-state index contributed by atoms with van der Waals surface area (Å²) >= 11 is 1.24. The van der Waals surface area contributed by atoms with E-state index in [1.165, 1.54) is 18.1 Å². The van der Waals surface area contributed by atoms with Crippen LogP contribution in [0.25, 0.3) is 0 Å². The molecular weight excluding hydrogens is 204 g/mol. The standard InChI is InChI=1S/C4H6N2O4S2/c1-11-4-5-2-6(10-4)3-12(7,8)9/h2H,3H2,1H3/p+1. The maximum Gasteiger partial charge on any atom is 0.411 e. The van der Waals surface area contributed by atoms with E-state index in [-0.39, 0.29) is 0 Å². The molecule has 1 aromatic rings. The summed E-state index contributed by atoms with van der Waals surface area (Å²) in [7, 11) is -4.05. The number of nitrogens with zero attached hydrogens (tertiary/aromatic N) is 2. The zero-order chi connectivity index (χ0) is 9.19. The largest absolute Gasteiger partial charge is 0.411 e. The Morgan fingerprint density at radius 1 is 1.83 bits per heavy atom. The SMILES string of the molecule is CSc1nc[n+](CS(=O)(=O)O)o1. The predicted molar refractivity (Wildman–Crippen MR) is 40.0 cm³/mol. The lowest BCUT2D eigenvalue weighted by atomic mass is 11.2. The summed E-state index contributed by atoms with van der Waals surface area (Å²) < 4.78 is 34.9. The van der Waals surface area contributed by atoms with Crippen LogP contribution in [0, 0.1) is 0 Å². The molecule has 12 heavy (non-hydrogen) atoms. The second-order valence-electron chi connectivity index (χ2n) is 1.93. The predicted octanol–water partition coefficient (Wildman–Crippen LogP) is -0.471. The second kappa shape index (κ2) is 3.42. The quantitative estimate of drug-likeness (QED) is 0.413. The lowest BCUT2D eigenvalue weighted by Gasteiger charge is -1.86. The molecule has 0 saturated carbocycles. The van der Waals surface area contributed by atoms with Crippen molar-refractivity contribution in [3.8, 4) is 0 Å². The fraction of sp³-hybridized carbons (Fsp3) is 0.500. The van der Waals surface area contributed by atoms with E-state index in [1.807, 2.05) is 0 Å². The molecule has 0 atom stereocenters. The second-order valence-corrected chi connectivity index (χ2v) is 4.11. The van der Waals surface area contributed by atoms with Crippen molar-refractivity contribution in [1.82, 2.24) is 4.98 Å². The molecule has 6 nitrogen and oxygen atoms in total. The van der Waals surface area contributed by atoms with Crippen LogP contribution in [0.15, 0.2) is 16.1 Å². The highest BCUT2D eigenvalue weighted by molar-refractivity contribution is 7.98. The van der Waals surface area contributed by atoms with Crippen LogP contribution >= 0.6 is 11.8 Å². The molecule has 1 N–H and O–H groups in total. The van der Waals surface area contributed by atoms with E-state index in [0.29, 0.717) is 5.22 Å². The van der Waals surface area contributed by atoms with Gasteiger partial charge >= 0.3 is 21.7 Å². The zero-order valence-electron chi connectivity index (χ0n) is 6.17. The van der Waals surface area contributed by atoms with Crippen LogP contribution in [0.4, 0.5) is 0 Å². The molecule has 8 heteroatoms. The third-order valence-corrected chi connectivity index (χ3v) is 2.06. The van der Waals surface area contributed by atoms with Crippen molar-refractivity contribution in [3.05, 3.63) is 6.33 Å². The van der Waals surface area contributed by atoms with Crippen molar-refractivity contribution in [1.29, 1.82) is 0 Å². The van der Waals surface area contributed by atoms with E-state index in [1.54, 1.807) is 6.26 Å². The summed E-state index contributed by atoms with van der Waals surface area (Å²) in [4.78, 5) is 3.70. The number of aromatic nitrogens is 2. The Morgan fingerprint density at radius 3 is 2.92 bits per heavy atom. The fourth-order valence-corrected chi connectivity index (χ4v) is 1.33. The van der Waals surface area contributed by atoms with Crippen LogP contribution in [0.5, 0.6) is 0 Å². The minimum atomic E-state index is -4.05. The van der Waals surface area contributed by atoms with E-state index in [9.17, 15) is 8.42 Å². The lowest BCUT2D eigenvalue weighted by molar-refractivity contribution is -0.855. The summed E-state index contributed by atoms with van der Waals surface area (Å²) in [5.74, 6) is -0.611. The summed E-state index contributed by atoms with van der Waals surface area (Å²) in [5, 5.41) is 0.346. The molecule has 0 fully saturated rings. The van der Waals surface area contributed by atoms with Crippen molar-refractivity contribution in [2.75, 3.05) is 6.26 Å². The first-order chi connectivity index (χ1) is 5.51. The zero-order valence-corrected chi connectivity index (χ0v) is 7.80. The van der Waals surface area contributed by atoms with Crippen molar-refractivity contribution in [2.24, 2.45) is 0 Å². The average molecular weight is 211 g/mol. The minimum Gasteiger partial charge on any atom is -0.282 e. The van der Waals surface area contributed by atoms with Gasteiger partial charge in [0.2, 0.25) is 0 Å². The number of hydrogen-bond acceptors (Lipinski definition) is 5. The molecule has 1 rings (SSSR count). The summed E-state index contributed by atoms with van der Waals surface area (Å²) in [6, 6.07) is 0. The van der Waals surface area contributed by atoms with Gasteiger partial charge in [0, 0.05) is 4.98 Å². The van der Waals surface area contributed by atoms with Crippen LogP contribution in [0.3, 0.4) is 0 Å². The Bertz CT molecular complexity index is 357. The van der Waals surface area contributed by atoms with Gasteiger partial charge in [-0.25, -0.2) is 4.52 Å². The minimum absolute atomic E-state index is 0.346. The molecule has 0 aromatic carbocycles. The molecular formula is C4H7N2O4S2+. The van der Waals surface area contributed by atoms with Crippen molar-refractivity contribution < 1.29 is 22.2 Å². The van der Waals surface area contributed by atoms with Gasteiger partial charge in [-0.05, 0) is 18.0 Å². The van der Waals surface area contributed by atoms with Gasteiger partial charge in [0.25, 0.3) is 5.88 Å². The molecule has 0 spiro atoms. The van der Waals surface area contributed by atoms with E-state index in [0.717, 1.165) is 4.74 Å². The molecule has 1 heterocycles. The van der Waals surface area contributed by atoms with Gasteiger partial charge < -0.3 is 0 Å². The van der Waals surface area contributed by atoms with Gasteiger partial charge in [-0.15, -0.1) is 0 Å². The van der Waals surface area contributed by atoms with E-state index >= 15 is 0 Å². The Morgan fingerprint density at radius 2 is 2.50 bits per heavy atom. The molecule has 0 unspecified atom stereocenters.